The molecule has 1 N–H and O–H groups in total. The average Bonchev–Trinajstić information content (AvgIpc) is 3.37. The molecule has 7 nitrogen and oxygen atoms in total. The minimum absolute atomic E-state index is 0.0117. The van der Waals surface area contributed by atoms with E-state index in [1.54, 1.807) is 6.08 Å². The maximum absolute atomic E-state index is 13.5. The molecule has 0 fully saturated rings. The SMILES string of the molecule is CCCCCCCCCCC(CCCCC=CC(=O)OCCC(CCCCCCC)CCCCCCC)NC(=O)CCC(CCCCCCCC(=O)OCCC(CCCCCCC)CCCCCCC)N(C)C. The third-order valence-electron chi connectivity index (χ3n) is 16.0. The third-order valence-corrected chi connectivity index (χ3v) is 16.0. The quantitative estimate of drug-likeness (QED) is 0.0371. The van der Waals surface area contributed by atoms with E-state index < -0.39 is 0 Å². The van der Waals surface area contributed by atoms with Crippen molar-refractivity contribution < 1.29 is 23.9 Å². The van der Waals surface area contributed by atoms with Gasteiger partial charge in [-0.3, -0.25) is 9.59 Å². The summed E-state index contributed by atoms with van der Waals surface area (Å²) in [7, 11) is 4.31. The number of carbonyl (C=O) groups excluding carboxylic acids is 3. The van der Waals surface area contributed by atoms with Crippen molar-refractivity contribution in [3.63, 3.8) is 0 Å². The van der Waals surface area contributed by atoms with Crippen LogP contribution in [-0.4, -0.2) is 62.1 Å². The zero-order chi connectivity index (χ0) is 53.5. The van der Waals surface area contributed by atoms with E-state index in [4.69, 9.17) is 9.47 Å². The number of unbranched alkanes of at least 4 members (excludes halogenated alkanes) is 29. The van der Waals surface area contributed by atoms with E-state index in [0.29, 0.717) is 43.9 Å². The molecule has 0 aromatic rings. The lowest BCUT2D eigenvalue weighted by Gasteiger charge is -2.25. The Morgan fingerprint density at radius 3 is 1.21 bits per heavy atom. The molecule has 0 saturated carbocycles. The highest BCUT2D eigenvalue weighted by molar-refractivity contribution is 5.81. The van der Waals surface area contributed by atoms with Crippen molar-refractivity contribution in [2.45, 2.75) is 355 Å². The number of ether oxygens (including phenoxy) is 2. The highest BCUT2D eigenvalue weighted by Gasteiger charge is 2.17. The summed E-state index contributed by atoms with van der Waals surface area (Å²) in [6.07, 6.45) is 61.2. The first kappa shape index (κ1) is 71.1. The van der Waals surface area contributed by atoms with E-state index in [2.05, 4.69) is 58.9 Å². The van der Waals surface area contributed by atoms with E-state index in [1.165, 1.54) is 212 Å². The standard InChI is InChI=1S/C66H128N2O5/c1-8-13-18-23-24-25-31-40-49-62(50-41-34-35-44-53-66(71)73-59-57-61(47-38-29-21-16-11-4)48-39-30-22-17-12-5)67-64(69)55-54-63(68(6)7)51-42-32-26-33-43-52-65(70)72-58-56-60(45-36-27-19-14-9-2)46-37-28-20-15-10-3/h44,53,60-63H,8-43,45-52,54-59H2,1-7H3,(H,67,69). The molecule has 0 aromatic carbocycles. The summed E-state index contributed by atoms with van der Waals surface area (Å²) in [5, 5.41) is 3.47. The normalized spacial score (nSPS) is 12.7. The van der Waals surface area contributed by atoms with E-state index in [-0.39, 0.29) is 23.9 Å². The van der Waals surface area contributed by atoms with Crippen LogP contribution in [0, 0.1) is 11.8 Å². The Hall–Kier alpha value is -1.89. The molecule has 0 aromatic heterocycles. The molecule has 0 saturated heterocycles. The number of amides is 1. The van der Waals surface area contributed by atoms with Crippen LogP contribution in [-0.2, 0) is 23.9 Å². The number of allylic oxidation sites excluding steroid dienone is 1. The first-order valence-corrected chi connectivity index (χ1v) is 32.6. The molecule has 0 aliphatic heterocycles. The van der Waals surface area contributed by atoms with Crippen LogP contribution in [0.5, 0.6) is 0 Å². The summed E-state index contributed by atoms with van der Waals surface area (Å²) < 4.78 is 11.4. The van der Waals surface area contributed by atoms with Gasteiger partial charge in [0, 0.05) is 31.0 Å². The van der Waals surface area contributed by atoms with Gasteiger partial charge in [-0.25, -0.2) is 4.79 Å². The number of carbonyl (C=O) groups is 3. The minimum Gasteiger partial charge on any atom is -0.466 e. The smallest absolute Gasteiger partial charge is 0.330 e. The monoisotopic (exact) mass is 1030 g/mol. The largest absolute Gasteiger partial charge is 0.466 e. The predicted molar refractivity (Wildman–Crippen MR) is 317 cm³/mol. The molecule has 0 bridgehead atoms. The molecule has 1 amide bonds. The molecule has 0 spiro atoms. The van der Waals surface area contributed by atoms with E-state index in [9.17, 15) is 14.4 Å². The van der Waals surface area contributed by atoms with Crippen LogP contribution >= 0.6 is 0 Å². The lowest BCUT2D eigenvalue weighted by molar-refractivity contribution is -0.144. The highest BCUT2D eigenvalue weighted by atomic mass is 16.5. The van der Waals surface area contributed by atoms with Crippen LogP contribution in [0.2, 0.25) is 0 Å². The van der Waals surface area contributed by atoms with Gasteiger partial charge in [-0.1, -0.05) is 278 Å². The maximum Gasteiger partial charge on any atom is 0.330 e. The Balaban J connectivity index is 4.74. The number of hydrogen-bond acceptors (Lipinski definition) is 6. The van der Waals surface area contributed by atoms with Crippen molar-refractivity contribution in [3.05, 3.63) is 12.2 Å². The van der Waals surface area contributed by atoms with Crippen molar-refractivity contribution in [1.29, 1.82) is 0 Å². The Morgan fingerprint density at radius 1 is 0.397 bits per heavy atom. The Labute approximate surface area is 456 Å². The van der Waals surface area contributed by atoms with Gasteiger partial charge in [-0.05, 0) is 83.7 Å². The zero-order valence-corrected chi connectivity index (χ0v) is 50.3. The van der Waals surface area contributed by atoms with Gasteiger partial charge < -0.3 is 19.7 Å². The first-order valence-electron chi connectivity index (χ1n) is 32.6. The van der Waals surface area contributed by atoms with Gasteiger partial charge >= 0.3 is 11.9 Å². The zero-order valence-electron chi connectivity index (χ0n) is 50.3. The topological polar surface area (TPSA) is 84.9 Å². The van der Waals surface area contributed by atoms with Crippen molar-refractivity contribution in [2.24, 2.45) is 11.8 Å². The van der Waals surface area contributed by atoms with Gasteiger partial charge in [0.05, 0.1) is 13.2 Å². The Bertz CT molecular complexity index is 1180. The van der Waals surface area contributed by atoms with Gasteiger partial charge in [0.2, 0.25) is 5.91 Å². The van der Waals surface area contributed by atoms with E-state index in [0.717, 1.165) is 83.5 Å². The summed E-state index contributed by atoms with van der Waals surface area (Å²) in [6.45, 7) is 12.5. The molecular weight excluding hydrogens is 901 g/mol. The molecule has 0 heterocycles. The minimum atomic E-state index is -0.199. The van der Waals surface area contributed by atoms with Crippen LogP contribution in [0.15, 0.2) is 12.2 Å². The fourth-order valence-electron chi connectivity index (χ4n) is 10.9. The molecule has 0 aliphatic rings. The second kappa shape index (κ2) is 56.3. The molecule has 2 unspecified atom stereocenters. The molecular formula is C66H128N2O5. The van der Waals surface area contributed by atoms with Crippen LogP contribution in [0.25, 0.3) is 0 Å². The third kappa shape index (κ3) is 50.7. The summed E-state index contributed by atoms with van der Waals surface area (Å²) in [5.41, 5.74) is 0. The highest BCUT2D eigenvalue weighted by Crippen LogP contribution is 2.24. The molecule has 0 radical (unpaired) electrons. The van der Waals surface area contributed by atoms with Crippen LogP contribution in [0.3, 0.4) is 0 Å². The van der Waals surface area contributed by atoms with Gasteiger partial charge in [0.1, 0.15) is 0 Å². The molecule has 0 aliphatic carbocycles. The number of nitrogens with zero attached hydrogens (tertiary/aromatic N) is 1. The molecule has 2 atom stereocenters. The van der Waals surface area contributed by atoms with E-state index >= 15 is 0 Å². The second-order valence-corrected chi connectivity index (χ2v) is 23.2. The molecule has 73 heavy (non-hydrogen) atoms. The number of rotatable bonds is 58. The number of hydrogen-bond donors (Lipinski definition) is 1. The van der Waals surface area contributed by atoms with Crippen molar-refractivity contribution in [1.82, 2.24) is 10.2 Å². The number of esters is 2. The first-order chi connectivity index (χ1) is 35.7. The van der Waals surface area contributed by atoms with Gasteiger partial charge in [-0.15, -0.1) is 0 Å². The summed E-state index contributed by atoms with van der Waals surface area (Å²) in [6, 6.07) is 0.610. The number of nitrogens with one attached hydrogen (secondary N) is 1. The van der Waals surface area contributed by atoms with Gasteiger partial charge in [-0.2, -0.15) is 0 Å². The van der Waals surface area contributed by atoms with E-state index in [1.807, 2.05) is 6.08 Å². The maximum atomic E-state index is 13.5. The molecule has 7 heteroatoms. The van der Waals surface area contributed by atoms with Crippen LogP contribution < -0.4 is 5.32 Å². The van der Waals surface area contributed by atoms with Crippen molar-refractivity contribution >= 4 is 17.8 Å². The Kier molecular flexibility index (Phi) is 54.9. The van der Waals surface area contributed by atoms with Crippen LogP contribution in [0.1, 0.15) is 343 Å². The fourth-order valence-corrected chi connectivity index (χ4v) is 10.9. The summed E-state index contributed by atoms with van der Waals surface area (Å²) >= 11 is 0. The lowest BCUT2D eigenvalue weighted by atomic mass is 9.92. The van der Waals surface area contributed by atoms with Crippen molar-refractivity contribution in [2.75, 3.05) is 27.3 Å². The lowest BCUT2D eigenvalue weighted by Crippen LogP contribution is -2.36. The van der Waals surface area contributed by atoms with Gasteiger partial charge in [0.15, 0.2) is 0 Å². The fraction of sp³-hybridized carbons (Fsp3) is 0.924. The van der Waals surface area contributed by atoms with Gasteiger partial charge in [0.25, 0.3) is 0 Å². The predicted octanol–water partition coefficient (Wildman–Crippen LogP) is 20.1. The van der Waals surface area contributed by atoms with Crippen LogP contribution in [0.4, 0.5) is 0 Å². The van der Waals surface area contributed by atoms with Crippen molar-refractivity contribution in [3.8, 4) is 0 Å². The average molecular weight is 1030 g/mol. The molecule has 0 rings (SSSR count). The molecule has 432 valence electrons. The summed E-state index contributed by atoms with van der Waals surface area (Å²) in [4.78, 5) is 41.0. The Morgan fingerprint density at radius 2 is 0.767 bits per heavy atom. The summed E-state index contributed by atoms with van der Waals surface area (Å²) in [5.74, 6) is 1.35. The second-order valence-electron chi connectivity index (χ2n) is 23.2.